The number of hydrogen-bond acceptors (Lipinski definition) is 2. The van der Waals surface area contributed by atoms with Crippen LogP contribution in [0.15, 0.2) is 16.9 Å². The smallest absolute Gasteiger partial charge is 0.219 e. The molecule has 3 nitrogen and oxygen atoms in total. The Kier molecular flexibility index (Phi) is 2.34. The fraction of sp³-hybridized carbons (Fsp3) is 0.556. The van der Waals surface area contributed by atoms with E-state index in [1.807, 2.05) is 20.8 Å². The Hall–Kier alpha value is -0.670. The first-order valence-electron chi connectivity index (χ1n) is 4.12. The first-order chi connectivity index (χ1) is 5.77. The minimum absolute atomic E-state index is 0.0703. The van der Waals surface area contributed by atoms with Crippen LogP contribution in [0.3, 0.4) is 0 Å². The van der Waals surface area contributed by atoms with Crippen LogP contribution < -0.4 is 0 Å². The molecule has 0 saturated heterocycles. The zero-order valence-corrected chi connectivity index (χ0v) is 9.09. The predicted octanol–water partition coefficient (Wildman–Crippen LogP) is 2.09. The molecule has 4 heteroatoms. The van der Waals surface area contributed by atoms with Crippen LogP contribution in [-0.4, -0.2) is 23.2 Å². The number of nitrogens with zero attached hydrogens (tertiary/aromatic N) is 2. The van der Waals surface area contributed by atoms with E-state index in [1.54, 1.807) is 13.1 Å². The lowest BCUT2D eigenvalue weighted by Crippen LogP contribution is -2.24. The van der Waals surface area contributed by atoms with Crippen LogP contribution in [0.1, 0.15) is 20.8 Å². The fourth-order valence-corrected chi connectivity index (χ4v) is 1.21. The molecule has 0 fully saturated rings. The SMILES string of the molecule is CC(C)(C)C1=N[N+](C)(Cl)C(C=O)=C1. The van der Waals surface area contributed by atoms with Crippen LogP contribution in [-0.2, 0) is 4.79 Å². The Labute approximate surface area is 83.4 Å². The third-order valence-corrected chi connectivity index (χ3v) is 2.21. The van der Waals surface area contributed by atoms with E-state index in [4.69, 9.17) is 11.8 Å². The molecule has 0 amide bonds. The van der Waals surface area contributed by atoms with Crippen LogP contribution in [0.4, 0.5) is 0 Å². The van der Waals surface area contributed by atoms with Crippen molar-refractivity contribution in [3.05, 3.63) is 11.8 Å². The van der Waals surface area contributed by atoms with Crippen molar-refractivity contribution in [2.45, 2.75) is 20.8 Å². The summed E-state index contributed by atoms with van der Waals surface area (Å²) in [5, 5.41) is 4.24. The van der Waals surface area contributed by atoms with E-state index in [1.165, 1.54) is 0 Å². The number of allylic oxidation sites excluding steroid dienone is 2. The van der Waals surface area contributed by atoms with Gasteiger partial charge in [-0.1, -0.05) is 30.0 Å². The van der Waals surface area contributed by atoms with E-state index in [-0.39, 0.29) is 9.53 Å². The van der Waals surface area contributed by atoms with Gasteiger partial charge >= 0.3 is 0 Å². The molecule has 0 aromatic rings. The van der Waals surface area contributed by atoms with Crippen molar-refractivity contribution >= 4 is 23.8 Å². The second-order valence-corrected chi connectivity index (χ2v) is 4.93. The van der Waals surface area contributed by atoms with Gasteiger partial charge in [-0.2, -0.15) is 0 Å². The molecular formula is C9H14ClN2O+. The van der Waals surface area contributed by atoms with Gasteiger partial charge in [0.25, 0.3) is 0 Å². The molecule has 1 heterocycles. The summed E-state index contributed by atoms with van der Waals surface area (Å²) < 4.78 is -0.212. The minimum atomic E-state index is -0.212. The van der Waals surface area contributed by atoms with E-state index in [9.17, 15) is 4.79 Å². The van der Waals surface area contributed by atoms with Crippen molar-refractivity contribution in [3.63, 3.8) is 0 Å². The summed E-state index contributed by atoms with van der Waals surface area (Å²) >= 11 is 5.98. The van der Waals surface area contributed by atoms with Gasteiger partial charge in [0.05, 0.1) is 0 Å². The lowest BCUT2D eigenvalue weighted by atomic mass is 9.90. The second-order valence-electron chi connectivity index (χ2n) is 4.28. The summed E-state index contributed by atoms with van der Waals surface area (Å²) in [6.45, 7) is 6.10. The third kappa shape index (κ3) is 1.98. The van der Waals surface area contributed by atoms with Gasteiger partial charge in [0.15, 0.2) is 0 Å². The molecule has 0 aromatic carbocycles. The number of carbonyl (C=O) groups excluding carboxylic acids is 1. The van der Waals surface area contributed by atoms with Crippen molar-refractivity contribution < 1.29 is 8.91 Å². The summed E-state index contributed by atoms with van der Waals surface area (Å²) in [6.07, 6.45) is 2.50. The number of quaternary nitrogens is 1. The van der Waals surface area contributed by atoms with Crippen molar-refractivity contribution in [1.29, 1.82) is 0 Å². The number of aldehydes is 1. The number of carbonyl (C=O) groups is 1. The predicted molar refractivity (Wildman–Crippen MR) is 53.1 cm³/mol. The average Bonchev–Trinajstić information content (AvgIpc) is 2.23. The molecule has 1 aliphatic rings. The quantitative estimate of drug-likeness (QED) is 0.472. The summed E-state index contributed by atoms with van der Waals surface area (Å²) in [7, 11) is 1.67. The van der Waals surface area contributed by atoms with E-state index >= 15 is 0 Å². The fourth-order valence-electron chi connectivity index (χ4n) is 1.04. The largest absolute Gasteiger partial charge is 0.292 e. The summed E-state index contributed by atoms with van der Waals surface area (Å²) in [5.41, 5.74) is 1.26. The lowest BCUT2D eigenvalue weighted by molar-refractivity contribution is -0.750. The molecule has 13 heavy (non-hydrogen) atoms. The standard InChI is InChI=1S/C9H14ClN2O/c1-9(2,3)8-5-7(6-13)12(4,10)11-8/h5-6H,1-4H3/q+1. The molecule has 0 N–H and O–H groups in total. The first-order valence-corrected chi connectivity index (χ1v) is 4.45. The Morgan fingerprint density at radius 3 is 2.31 bits per heavy atom. The maximum absolute atomic E-state index is 10.7. The first kappa shape index (κ1) is 10.4. The van der Waals surface area contributed by atoms with E-state index < -0.39 is 0 Å². The molecule has 0 spiro atoms. The van der Waals surface area contributed by atoms with Gasteiger partial charge in [0.2, 0.25) is 23.8 Å². The number of likely N-dealkylation sites (N-methyl/N-ethyl adjacent to an activating group) is 1. The van der Waals surface area contributed by atoms with Crippen molar-refractivity contribution in [2.75, 3.05) is 7.05 Å². The summed E-state index contributed by atoms with van der Waals surface area (Å²) in [5.74, 6) is 0. The molecule has 0 aromatic heterocycles. The maximum atomic E-state index is 10.7. The molecule has 1 rings (SSSR count). The van der Waals surface area contributed by atoms with Crippen molar-refractivity contribution in [1.82, 2.24) is 0 Å². The van der Waals surface area contributed by atoms with Gasteiger partial charge in [-0.25, -0.2) is 0 Å². The highest BCUT2D eigenvalue weighted by Gasteiger charge is 2.37. The van der Waals surface area contributed by atoms with Gasteiger partial charge in [-0.05, 0) is 0 Å². The van der Waals surface area contributed by atoms with Crippen molar-refractivity contribution in [2.24, 2.45) is 10.5 Å². The zero-order valence-electron chi connectivity index (χ0n) is 8.34. The van der Waals surface area contributed by atoms with E-state index in [2.05, 4.69) is 5.10 Å². The molecule has 0 radical (unpaired) electrons. The Bertz CT molecular complexity index is 297. The molecule has 0 saturated carbocycles. The van der Waals surface area contributed by atoms with Gasteiger partial charge < -0.3 is 0 Å². The molecule has 1 atom stereocenters. The van der Waals surface area contributed by atoms with E-state index in [0.717, 1.165) is 12.0 Å². The Morgan fingerprint density at radius 2 is 2.08 bits per heavy atom. The van der Waals surface area contributed by atoms with Crippen LogP contribution in [0.2, 0.25) is 0 Å². The van der Waals surface area contributed by atoms with Crippen LogP contribution >= 0.6 is 11.8 Å². The lowest BCUT2D eigenvalue weighted by Gasteiger charge is -2.15. The molecule has 1 unspecified atom stereocenters. The Morgan fingerprint density at radius 1 is 1.54 bits per heavy atom. The number of rotatable bonds is 1. The van der Waals surface area contributed by atoms with Gasteiger partial charge in [-0.3, -0.25) is 4.79 Å². The normalized spacial score (nSPS) is 28.4. The van der Waals surface area contributed by atoms with E-state index in [0.29, 0.717) is 5.70 Å². The average molecular weight is 202 g/mol. The zero-order chi connectivity index (χ0) is 10.3. The highest BCUT2D eigenvalue weighted by Crippen LogP contribution is 2.30. The highest BCUT2D eigenvalue weighted by molar-refractivity contribution is 6.12. The van der Waals surface area contributed by atoms with Crippen molar-refractivity contribution in [3.8, 4) is 0 Å². The summed E-state index contributed by atoms with van der Waals surface area (Å²) in [4.78, 5) is 10.7. The van der Waals surface area contributed by atoms with Crippen LogP contribution in [0.5, 0.6) is 0 Å². The second kappa shape index (κ2) is 2.93. The van der Waals surface area contributed by atoms with Gasteiger partial charge in [-0.15, -0.1) is 0 Å². The highest BCUT2D eigenvalue weighted by atomic mass is 35.5. The number of hydrogen-bond donors (Lipinski definition) is 0. The molecule has 72 valence electrons. The van der Waals surface area contributed by atoms with Gasteiger partial charge in [0, 0.05) is 11.5 Å². The minimum Gasteiger partial charge on any atom is -0.292 e. The maximum Gasteiger partial charge on any atom is 0.219 e. The summed E-state index contributed by atoms with van der Waals surface area (Å²) in [6, 6.07) is 0. The van der Waals surface area contributed by atoms with Gasteiger partial charge in [0.1, 0.15) is 12.8 Å². The molecular weight excluding hydrogens is 188 g/mol. The third-order valence-electron chi connectivity index (χ3n) is 1.94. The Balaban J connectivity index is 3.08. The molecule has 1 aliphatic heterocycles. The van der Waals surface area contributed by atoms with Crippen LogP contribution in [0.25, 0.3) is 0 Å². The molecule has 0 aliphatic carbocycles. The molecule has 0 bridgehead atoms. The monoisotopic (exact) mass is 201 g/mol. The topological polar surface area (TPSA) is 29.4 Å². The number of halogens is 1. The van der Waals surface area contributed by atoms with Crippen LogP contribution in [0, 0.1) is 5.41 Å².